The van der Waals surface area contributed by atoms with Gasteiger partial charge in [0, 0.05) is 12.0 Å². The Kier molecular flexibility index (Phi) is 3.36. The number of nitrogens with zero attached hydrogens (tertiary/aromatic N) is 1. The molecule has 2 heteroatoms. The first kappa shape index (κ1) is 11.7. The molecule has 90 valence electrons. The fourth-order valence-electron chi connectivity index (χ4n) is 2.47. The van der Waals surface area contributed by atoms with Gasteiger partial charge in [-0.25, -0.2) is 0 Å². The topological polar surface area (TPSA) is 26.0 Å². The van der Waals surface area contributed by atoms with E-state index in [1.54, 1.807) is 0 Å². The number of hydrogen-bond acceptors (Lipinski definition) is 2. The van der Waals surface area contributed by atoms with E-state index in [1.165, 1.54) is 12.8 Å². The molecule has 16 heavy (non-hydrogen) atoms. The minimum absolute atomic E-state index is 0.679. The summed E-state index contributed by atoms with van der Waals surface area (Å²) in [5.74, 6) is 3.92. The lowest BCUT2D eigenvalue weighted by atomic mass is 9.82. The number of hydrogen-bond donors (Lipinski definition) is 0. The molecule has 2 nitrogen and oxygen atoms in total. The Morgan fingerprint density at radius 3 is 2.38 bits per heavy atom. The monoisotopic (exact) mass is 221 g/mol. The van der Waals surface area contributed by atoms with E-state index in [1.807, 2.05) is 0 Å². The molecule has 0 amide bonds. The van der Waals surface area contributed by atoms with Crippen LogP contribution in [0.2, 0.25) is 0 Å². The summed E-state index contributed by atoms with van der Waals surface area (Å²) in [5.41, 5.74) is 1.15. The molecule has 1 aliphatic rings. The molecule has 1 heterocycles. The molecular weight excluding hydrogens is 198 g/mol. The Morgan fingerprint density at radius 1 is 1.25 bits per heavy atom. The van der Waals surface area contributed by atoms with Gasteiger partial charge in [0.05, 0.1) is 5.69 Å². The van der Waals surface area contributed by atoms with Crippen molar-refractivity contribution in [2.75, 3.05) is 0 Å². The summed E-state index contributed by atoms with van der Waals surface area (Å²) < 4.78 is 5.40. The maximum absolute atomic E-state index is 5.40. The third-order valence-electron chi connectivity index (χ3n) is 3.71. The maximum atomic E-state index is 5.40. The lowest BCUT2D eigenvalue weighted by molar-refractivity contribution is 0.278. The summed E-state index contributed by atoms with van der Waals surface area (Å²) in [6.45, 7) is 9.19. The number of rotatable bonds is 5. The van der Waals surface area contributed by atoms with Crippen LogP contribution in [0.5, 0.6) is 0 Å². The van der Waals surface area contributed by atoms with Crippen LogP contribution in [0.25, 0.3) is 0 Å². The van der Waals surface area contributed by atoms with E-state index in [0.29, 0.717) is 23.7 Å². The smallest absolute Gasteiger partial charge is 0.140 e. The van der Waals surface area contributed by atoms with Gasteiger partial charge in [0.2, 0.25) is 0 Å². The quantitative estimate of drug-likeness (QED) is 0.750. The summed E-state index contributed by atoms with van der Waals surface area (Å²) in [6.07, 6.45) is 3.63. The minimum atomic E-state index is 0.679. The van der Waals surface area contributed by atoms with Gasteiger partial charge in [-0.15, -0.1) is 0 Å². The highest BCUT2D eigenvalue weighted by molar-refractivity contribution is 5.15. The molecule has 0 atom stereocenters. The molecular formula is C14H23NO. The lowest BCUT2D eigenvalue weighted by Gasteiger charge is -2.23. The van der Waals surface area contributed by atoms with Crippen LogP contribution in [0, 0.1) is 17.8 Å². The Labute approximate surface area is 98.4 Å². The molecule has 0 saturated heterocycles. The largest absolute Gasteiger partial charge is 0.361 e. The Bertz CT molecular complexity index is 328. The third kappa shape index (κ3) is 2.66. The molecule has 1 aromatic heterocycles. The van der Waals surface area contributed by atoms with Crippen molar-refractivity contribution in [2.45, 2.75) is 52.9 Å². The molecule has 0 N–H and O–H groups in total. The fraction of sp³-hybridized carbons (Fsp3) is 0.786. The number of aromatic nitrogens is 1. The fourth-order valence-corrected chi connectivity index (χ4v) is 2.47. The molecule has 2 rings (SSSR count). The third-order valence-corrected chi connectivity index (χ3v) is 3.71. The van der Waals surface area contributed by atoms with Gasteiger partial charge >= 0.3 is 0 Å². The molecule has 0 aliphatic heterocycles. The van der Waals surface area contributed by atoms with Crippen molar-refractivity contribution in [3.63, 3.8) is 0 Å². The van der Waals surface area contributed by atoms with E-state index >= 15 is 0 Å². The van der Waals surface area contributed by atoms with Gasteiger partial charge in [0.1, 0.15) is 5.76 Å². The summed E-state index contributed by atoms with van der Waals surface area (Å²) in [4.78, 5) is 0. The second-order valence-electron chi connectivity index (χ2n) is 5.85. The van der Waals surface area contributed by atoms with E-state index in [9.17, 15) is 0 Å². The Hall–Kier alpha value is -0.790. The van der Waals surface area contributed by atoms with E-state index in [0.717, 1.165) is 17.9 Å². The minimum Gasteiger partial charge on any atom is -0.361 e. The maximum Gasteiger partial charge on any atom is 0.140 e. The highest BCUT2D eigenvalue weighted by Gasteiger charge is 2.28. The first-order chi connectivity index (χ1) is 7.58. The highest BCUT2D eigenvalue weighted by Crippen LogP contribution is 2.40. The predicted octanol–water partition coefficient (Wildman–Crippen LogP) is 4.02. The average Bonchev–Trinajstić information content (AvgIpc) is 2.94. The van der Waals surface area contributed by atoms with Gasteiger partial charge in [-0.2, -0.15) is 0 Å². The summed E-state index contributed by atoms with van der Waals surface area (Å²) in [5, 5.41) is 4.21. The second-order valence-corrected chi connectivity index (χ2v) is 5.85. The van der Waals surface area contributed by atoms with E-state index < -0.39 is 0 Å². The van der Waals surface area contributed by atoms with E-state index in [-0.39, 0.29) is 0 Å². The normalized spacial score (nSPS) is 16.7. The van der Waals surface area contributed by atoms with E-state index in [2.05, 4.69) is 38.9 Å². The second kappa shape index (κ2) is 4.60. The highest BCUT2D eigenvalue weighted by atomic mass is 16.5. The SMILES string of the molecule is CC(C)C(Cc1cc(C2CC2)on1)C(C)C. The molecule has 1 aliphatic carbocycles. The van der Waals surface area contributed by atoms with Gasteiger partial charge in [0.25, 0.3) is 0 Å². The molecule has 0 radical (unpaired) electrons. The van der Waals surface area contributed by atoms with Gasteiger partial charge in [-0.3, -0.25) is 0 Å². The first-order valence-corrected chi connectivity index (χ1v) is 6.53. The van der Waals surface area contributed by atoms with Crippen molar-refractivity contribution in [1.82, 2.24) is 5.16 Å². The zero-order chi connectivity index (χ0) is 11.7. The Balaban J connectivity index is 2.00. The van der Waals surface area contributed by atoms with Crippen LogP contribution in [0.1, 0.15) is 57.9 Å². The molecule has 0 unspecified atom stereocenters. The van der Waals surface area contributed by atoms with Crippen molar-refractivity contribution in [1.29, 1.82) is 0 Å². The van der Waals surface area contributed by atoms with Gasteiger partial charge in [-0.1, -0.05) is 32.9 Å². The van der Waals surface area contributed by atoms with Gasteiger partial charge in [0.15, 0.2) is 0 Å². The standard InChI is InChI=1S/C14H23NO/c1-9(2)13(10(3)4)7-12-8-14(16-15-12)11-5-6-11/h8-11,13H,5-7H2,1-4H3. The van der Waals surface area contributed by atoms with Gasteiger partial charge < -0.3 is 4.52 Å². The van der Waals surface area contributed by atoms with Crippen molar-refractivity contribution in [2.24, 2.45) is 17.8 Å². The Morgan fingerprint density at radius 2 is 1.88 bits per heavy atom. The summed E-state index contributed by atoms with van der Waals surface area (Å²) >= 11 is 0. The lowest BCUT2D eigenvalue weighted by Crippen LogP contribution is -2.18. The van der Waals surface area contributed by atoms with Crippen molar-refractivity contribution in [3.8, 4) is 0 Å². The van der Waals surface area contributed by atoms with Crippen molar-refractivity contribution >= 4 is 0 Å². The van der Waals surface area contributed by atoms with Crippen LogP contribution in [0.15, 0.2) is 10.6 Å². The molecule has 0 bridgehead atoms. The average molecular weight is 221 g/mol. The van der Waals surface area contributed by atoms with Crippen LogP contribution in [0.4, 0.5) is 0 Å². The van der Waals surface area contributed by atoms with Gasteiger partial charge in [-0.05, 0) is 37.0 Å². The molecule has 1 fully saturated rings. The van der Waals surface area contributed by atoms with Crippen molar-refractivity contribution in [3.05, 3.63) is 17.5 Å². The zero-order valence-electron chi connectivity index (χ0n) is 10.9. The van der Waals surface area contributed by atoms with Crippen molar-refractivity contribution < 1.29 is 4.52 Å². The molecule has 1 saturated carbocycles. The van der Waals surface area contributed by atoms with Crippen LogP contribution in [0.3, 0.4) is 0 Å². The summed E-state index contributed by atoms with van der Waals surface area (Å²) in [6, 6.07) is 2.18. The molecule has 1 aromatic rings. The summed E-state index contributed by atoms with van der Waals surface area (Å²) in [7, 11) is 0. The molecule has 0 aromatic carbocycles. The van der Waals surface area contributed by atoms with Crippen LogP contribution >= 0.6 is 0 Å². The first-order valence-electron chi connectivity index (χ1n) is 6.53. The zero-order valence-corrected chi connectivity index (χ0v) is 10.9. The van der Waals surface area contributed by atoms with E-state index in [4.69, 9.17) is 4.52 Å². The molecule has 0 spiro atoms. The van der Waals surface area contributed by atoms with Crippen LogP contribution < -0.4 is 0 Å². The predicted molar refractivity (Wildman–Crippen MR) is 65.3 cm³/mol. The van der Waals surface area contributed by atoms with Crippen LogP contribution in [-0.2, 0) is 6.42 Å². The van der Waals surface area contributed by atoms with Crippen LogP contribution in [-0.4, -0.2) is 5.16 Å².